The number of carbonyl (C=O) groups excluding carboxylic acids is 1. The average molecular weight is 401 g/mol. The average Bonchev–Trinajstić information content (AvgIpc) is 3.06. The van der Waals surface area contributed by atoms with Gasteiger partial charge in [-0.1, -0.05) is 23.2 Å². The van der Waals surface area contributed by atoms with Crippen molar-refractivity contribution in [1.82, 2.24) is 20.2 Å². The zero-order valence-electron chi connectivity index (χ0n) is 14.3. The third-order valence-electron chi connectivity index (χ3n) is 4.22. The van der Waals surface area contributed by atoms with Crippen molar-refractivity contribution in [2.75, 3.05) is 32.9 Å². The molecule has 1 fully saturated rings. The summed E-state index contributed by atoms with van der Waals surface area (Å²) in [4.78, 5) is 13.1. The minimum absolute atomic E-state index is 0.0539. The number of aromatic nitrogens is 4. The van der Waals surface area contributed by atoms with E-state index in [4.69, 9.17) is 32.7 Å². The van der Waals surface area contributed by atoms with E-state index in [1.807, 2.05) is 6.07 Å². The lowest BCUT2D eigenvalue weighted by atomic mass is 10.0. The summed E-state index contributed by atoms with van der Waals surface area (Å²) in [6.45, 7) is 4.82. The SMILES string of the molecule is CCOC(=O)Cn1nnnc1[C@@H](c1ccc(Cl)cc1Cl)[NH+]1CCOCC1. The molecule has 3 rings (SSSR count). The molecule has 1 aromatic heterocycles. The van der Waals surface area contributed by atoms with Crippen molar-refractivity contribution in [1.29, 1.82) is 0 Å². The van der Waals surface area contributed by atoms with Crippen molar-refractivity contribution in [3.8, 4) is 0 Å². The molecule has 10 heteroatoms. The number of tetrazole rings is 1. The van der Waals surface area contributed by atoms with Crippen LogP contribution in [0.4, 0.5) is 0 Å². The summed E-state index contributed by atoms with van der Waals surface area (Å²) in [5.74, 6) is 0.165. The van der Waals surface area contributed by atoms with E-state index in [2.05, 4.69) is 15.5 Å². The summed E-state index contributed by atoms with van der Waals surface area (Å²) in [6.07, 6.45) is 0. The van der Waals surface area contributed by atoms with E-state index in [0.717, 1.165) is 18.7 Å². The number of carbonyl (C=O) groups is 1. The van der Waals surface area contributed by atoms with Gasteiger partial charge in [0.25, 0.3) is 0 Å². The van der Waals surface area contributed by atoms with Crippen LogP contribution in [0.25, 0.3) is 0 Å². The Morgan fingerprint density at radius 3 is 2.85 bits per heavy atom. The maximum Gasteiger partial charge on any atom is 0.327 e. The van der Waals surface area contributed by atoms with E-state index in [1.54, 1.807) is 19.1 Å². The number of esters is 1. The predicted molar refractivity (Wildman–Crippen MR) is 94.3 cm³/mol. The van der Waals surface area contributed by atoms with Gasteiger partial charge in [-0.3, -0.25) is 4.79 Å². The summed E-state index contributed by atoms with van der Waals surface area (Å²) >= 11 is 12.5. The van der Waals surface area contributed by atoms with Crippen LogP contribution in [0.5, 0.6) is 0 Å². The van der Waals surface area contributed by atoms with Crippen LogP contribution in [0.1, 0.15) is 24.4 Å². The van der Waals surface area contributed by atoms with Gasteiger partial charge in [0, 0.05) is 10.6 Å². The molecular formula is C16H20Cl2N5O3+. The van der Waals surface area contributed by atoms with E-state index in [9.17, 15) is 4.79 Å². The molecule has 0 bridgehead atoms. The molecule has 1 aliphatic heterocycles. The van der Waals surface area contributed by atoms with Gasteiger partial charge in [0.1, 0.15) is 19.6 Å². The van der Waals surface area contributed by atoms with Crippen molar-refractivity contribution in [3.63, 3.8) is 0 Å². The molecule has 0 radical (unpaired) electrons. The van der Waals surface area contributed by atoms with Crippen LogP contribution in [0, 0.1) is 0 Å². The lowest BCUT2D eigenvalue weighted by molar-refractivity contribution is -0.933. The highest BCUT2D eigenvalue weighted by molar-refractivity contribution is 6.35. The van der Waals surface area contributed by atoms with Crippen molar-refractivity contribution < 1.29 is 19.2 Å². The zero-order chi connectivity index (χ0) is 18.5. The highest BCUT2D eigenvalue weighted by atomic mass is 35.5. The number of quaternary nitrogens is 1. The molecule has 140 valence electrons. The summed E-state index contributed by atoms with van der Waals surface area (Å²) in [5, 5.41) is 13.0. The molecule has 26 heavy (non-hydrogen) atoms. The second-order valence-corrected chi connectivity index (χ2v) is 6.71. The largest absolute Gasteiger partial charge is 0.465 e. The van der Waals surface area contributed by atoms with Gasteiger partial charge in [-0.15, -0.1) is 5.10 Å². The third kappa shape index (κ3) is 4.32. The molecule has 0 saturated carbocycles. The Kier molecular flexibility index (Phi) is 6.42. The molecule has 1 aliphatic rings. The molecule has 0 amide bonds. The highest BCUT2D eigenvalue weighted by Crippen LogP contribution is 2.28. The maximum atomic E-state index is 11.9. The Bertz CT molecular complexity index is 764. The first kappa shape index (κ1) is 19.0. The molecule has 1 saturated heterocycles. The van der Waals surface area contributed by atoms with Crippen molar-refractivity contribution >= 4 is 29.2 Å². The van der Waals surface area contributed by atoms with Crippen LogP contribution < -0.4 is 4.90 Å². The standard InChI is InChI=1S/C16H19Cl2N5O3/c1-2-26-14(24)10-23-16(19-20-21-23)15(22-5-7-25-8-6-22)12-4-3-11(17)9-13(12)18/h3-4,9,15H,2,5-8,10H2,1H3/p+1/t15-/m1/s1. The quantitative estimate of drug-likeness (QED) is 0.712. The monoisotopic (exact) mass is 400 g/mol. The molecular weight excluding hydrogens is 381 g/mol. The highest BCUT2D eigenvalue weighted by Gasteiger charge is 2.34. The minimum atomic E-state index is -0.390. The Morgan fingerprint density at radius 2 is 2.15 bits per heavy atom. The minimum Gasteiger partial charge on any atom is -0.465 e. The fourth-order valence-corrected chi connectivity index (χ4v) is 3.58. The van der Waals surface area contributed by atoms with Gasteiger partial charge in [0.15, 0.2) is 6.04 Å². The molecule has 1 N–H and O–H groups in total. The second-order valence-electron chi connectivity index (χ2n) is 5.87. The summed E-state index contributed by atoms with van der Waals surface area (Å²) in [7, 11) is 0. The van der Waals surface area contributed by atoms with Crippen LogP contribution in [-0.4, -0.2) is 59.1 Å². The van der Waals surface area contributed by atoms with Crippen LogP contribution in [0.3, 0.4) is 0 Å². The lowest BCUT2D eigenvalue weighted by Crippen LogP contribution is -3.14. The number of nitrogens with zero attached hydrogens (tertiary/aromatic N) is 4. The van der Waals surface area contributed by atoms with Crippen molar-refractivity contribution in [2.45, 2.75) is 19.5 Å². The first-order valence-electron chi connectivity index (χ1n) is 8.39. The Balaban J connectivity index is 1.98. The second kappa shape index (κ2) is 8.77. The fourth-order valence-electron chi connectivity index (χ4n) is 3.06. The van der Waals surface area contributed by atoms with E-state index in [1.165, 1.54) is 9.58 Å². The number of benzene rings is 1. The van der Waals surface area contributed by atoms with E-state index >= 15 is 0 Å². The smallest absolute Gasteiger partial charge is 0.327 e. The summed E-state index contributed by atoms with van der Waals surface area (Å²) in [5.41, 5.74) is 0.855. The summed E-state index contributed by atoms with van der Waals surface area (Å²) in [6, 6.07) is 5.12. The molecule has 0 unspecified atom stereocenters. The molecule has 0 spiro atoms. The molecule has 2 heterocycles. The van der Waals surface area contributed by atoms with E-state index in [0.29, 0.717) is 35.7 Å². The molecule has 2 aromatic rings. The number of morpholine rings is 1. The Labute approximate surface area is 161 Å². The lowest BCUT2D eigenvalue weighted by Gasteiger charge is -2.31. The van der Waals surface area contributed by atoms with Gasteiger partial charge in [-0.2, -0.15) is 0 Å². The van der Waals surface area contributed by atoms with E-state index < -0.39 is 0 Å². The molecule has 1 atom stereocenters. The normalized spacial score (nSPS) is 16.4. The van der Waals surface area contributed by atoms with Gasteiger partial charge in [0.05, 0.1) is 24.8 Å². The molecule has 0 aliphatic carbocycles. The van der Waals surface area contributed by atoms with Crippen LogP contribution in [0.15, 0.2) is 18.2 Å². The Hall–Kier alpha value is -1.74. The Morgan fingerprint density at radius 1 is 1.38 bits per heavy atom. The van der Waals surface area contributed by atoms with Crippen molar-refractivity contribution in [2.24, 2.45) is 0 Å². The number of rotatable bonds is 6. The maximum absolute atomic E-state index is 11.9. The summed E-state index contributed by atoms with van der Waals surface area (Å²) < 4.78 is 12.0. The topological polar surface area (TPSA) is 83.6 Å². The van der Waals surface area contributed by atoms with Gasteiger partial charge < -0.3 is 14.4 Å². The fraction of sp³-hybridized carbons (Fsp3) is 0.500. The van der Waals surface area contributed by atoms with Gasteiger partial charge in [-0.05, 0) is 35.5 Å². The predicted octanol–water partition coefficient (Wildman–Crippen LogP) is 0.547. The number of hydrogen-bond donors (Lipinski definition) is 1. The van der Waals surface area contributed by atoms with Gasteiger partial charge in [-0.25, -0.2) is 4.68 Å². The first-order chi connectivity index (χ1) is 12.6. The van der Waals surface area contributed by atoms with Crippen LogP contribution >= 0.6 is 23.2 Å². The van der Waals surface area contributed by atoms with Gasteiger partial charge in [0.2, 0.25) is 5.82 Å². The number of halogens is 2. The third-order valence-corrected chi connectivity index (χ3v) is 4.78. The number of ether oxygens (including phenoxy) is 2. The zero-order valence-corrected chi connectivity index (χ0v) is 15.8. The van der Waals surface area contributed by atoms with E-state index in [-0.39, 0.29) is 18.6 Å². The first-order valence-corrected chi connectivity index (χ1v) is 9.14. The molecule has 1 aromatic carbocycles. The molecule has 8 nitrogen and oxygen atoms in total. The number of nitrogens with one attached hydrogen (secondary N) is 1. The van der Waals surface area contributed by atoms with Crippen molar-refractivity contribution in [3.05, 3.63) is 39.6 Å². The van der Waals surface area contributed by atoms with Crippen LogP contribution in [0.2, 0.25) is 10.0 Å². The van der Waals surface area contributed by atoms with Gasteiger partial charge >= 0.3 is 5.97 Å². The van der Waals surface area contributed by atoms with Crippen LogP contribution in [-0.2, 0) is 20.8 Å². The number of hydrogen-bond acceptors (Lipinski definition) is 6.